The first-order chi connectivity index (χ1) is 17.0. The second kappa shape index (κ2) is 7.72. The highest BCUT2D eigenvalue weighted by Gasteiger charge is 2.65. The van der Waals surface area contributed by atoms with E-state index in [0.29, 0.717) is 11.1 Å². The molecule has 0 radical (unpaired) electrons. The molecule has 11 heteroatoms. The number of nitrogens with zero attached hydrogens (tertiary/aromatic N) is 1. The maximum atomic E-state index is 13.9. The Bertz CT molecular complexity index is 1450. The van der Waals surface area contributed by atoms with Crippen LogP contribution in [0, 0.1) is 12.8 Å². The van der Waals surface area contributed by atoms with Crippen LogP contribution in [0.2, 0.25) is 0 Å². The number of rotatable bonds is 3. The molecule has 1 heterocycles. The van der Waals surface area contributed by atoms with Gasteiger partial charge in [0.1, 0.15) is 17.1 Å². The molecule has 1 amide bonds. The second-order valence-corrected chi connectivity index (χ2v) is 9.53. The van der Waals surface area contributed by atoms with Gasteiger partial charge in [-0.3, -0.25) is 24.2 Å². The summed E-state index contributed by atoms with van der Waals surface area (Å²) >= 11 is 0. The Morgan fingerprint density at radius 1 is 1.17 bits per heavy atom. The lowest BCUT2D eigenvalue weighted by atomic mass is 9.56. The third-order valence-electron chi connectivity index (χ3n) is 7.57. The van der Waals surface area contributed by atoms with E-state index < -0.39 is 51.6 Å². The van der Waals surface area contributed by atoms with E-state index in [4.69, 9.17) is 22.2 Å². The van der Waals surface area contributed by atoms with Crippen molar-refractivity contribution in [2.24, 2.45) is 23.3 Å². The average molecular weight is 492 g/mol. The Balaban J connectivity index is 1.79. The van der Waals surface area contributed by atoms with Gasteiger partial charge in [-0.05, 0) is 48.6 Å². The number of carbonyl (C=O) groups is 3. The molecule has 0 spiro atoms. The third-order valence-corrected chi connectivity index (χ3v) is 7.57. The third kappa shape index (κ3) is 2.90. The van der Waals surface area contributed by atoms with Gasteiger partial charge in [0.25, 0.3) is 5.91 Å². The van der Waals surface area contributed by atoms with Gasteiger partial charge in [-0.2, -0.15) is 0 Å². The van der Waals surface area contributed by atoms with E-state index in [-0.39, 0.29) is 36.1 Å². The van der Waals surface area contributed by atoms with Gasteiger partial charge in [0.2, 0.25) is 11.4 Å². The number of aromatic nitrogens is 1. The van der Waals surface area contributed by atoms with Crippen molar-refractivity contribution < 1.29 is 34.5 Å². The van der Waals surface area contributed by atoms with E-state index in [1.165, 1.54) is 6.07 Å². The topological polar surface area (TPSA) is 212 Å². The van der Waals surface area contributed by atoms with Crippen molar-refractivity contribution in [2.75, 3.05) is 0 Å². The van der Waals surface area contributed by atoms with Crippen molar-refractivity contribution in [1.29, 1.82) is 0 Å². The smallest absolute Gasteiger partial charge is 0.255 e. The summed E-state index contributed by atoms with van der Waals surface area (Å²) in [6.45, 7) is 1.88. The highest BCUT2D eigenvalue weighted by molar-refractivity contribution is 6.23. The molecule has 1 saturated carbocycles. The maximum Gasteiger partial charge on any atom is 0.255 e. The minimum Gasteiger partial charge on any atom is -0.508 e. The predicted octanol–water partition coefficient (Wildman–Crippen LogP) is 0.774. The summed E-state index contributed by atoms with van der Waals surface area (Å²) in [5.41, 5.74) is 9.83. The summed E-state index contributed by atoms with van der Waals surface area (Å²) in [5, 5.41) is 33.0. The summed E-state index contributed by atoms with van der Waals surface area (Å²) in [5.74, 6) is -0.484. The highest BCUT2D eigenvalue weighted by Crippen LogP contribution is 2.54. The molecule has 186 valence electrons. The number of ketones is 2. The van der Waals surface area contributed by atoms with E-state index in [2.05, 4.69) is 4.98 Å². The Hall–Kier alpha value is -4.06. The monoisotopic (exact) mass is 492 g/mol. The number of aromatic hydroxyl groups is 1. The van der Waals surface area contributed by atoms with Gasteiger partial charge in [0, 0.05) is 30.3 Å². The number of phenols is 1. The van der Waals surface area contributed by atoms with Gasteiger partial charge in [-0.1, -0.05) is 6.07 Å². The van der Waals surface area contributed by atoms with Crippen molar-refractivity contribution >= 4 is 23.2 Å². The first kappa shape index (κ1) is 23.7. The lowest BCUT2D eigenvalue weighted by Crippen LogP contribution is -2.67. The largest absolute Gasteiger partial charge is 0.508 e. The molecule has 0 aliphatic heterocycles. The minimum atomic E-state index is -2.35. The van der Waals surface area contributed by atoms with Crippen LogP contribution < -0.4 is 17.4 Å². The number of nitrogens with two attached hydrogens (primary N) is 3. The highest BCUT2D eigenvalue weighted by atomic mass is 16.6. The summed E-state index contributed by atoms with van der Waals surface area (Å²) in [6.07, 6.45) is 2.79. The molecule has 0 saturated heterocycles. The lowest BCUT2D eigenvalue weighted by Gasteiger charge is -2.51. The van der Waals surface area contributed by atoms with Crippen molar-refractivity contribution in [1.82, 2.24) is 4.98 Å². The Morgan fingerprint density at radius 3 is 2.53 bits per heavy atom. The van der Waals surface area contributed by atoms with Crippen LogP contribution in [-0.4, -0.2) is 48.9 Å². The van der Waals surface area contributed by atoms with Gasteiger partial charge in [-0.25, -0.2) is 5.90 Å². The molecule has 0 unspecified atom stereocenters. The molecule has 3 aliphatic carbocycles. The number of fused-ring (bicyclic) bond motifs is 3. The Labute approximate surface area is 204 Å². The van der Waals surface area contributed by atoms with Gasteiger partial charge >= 0.3 is 0 Å². The molecule has 9 N–H and O–H groups in total. The number of amides is 1. The SMILES string of the molecule is Cc1ccncc1-c1ccc(O)c2c1C[C@@]1(N)C[C@H]3CC(=O)C(C(N)=O)=C(O)[C@@]3(ON)C(=O)C1=C2O. The van der Waals surface area contributed by atoms with Gasteiger partial charge < -0.3 is 26.8 Å². The van der Waals surface area contributed by atoms with Crippen LogP contribution in [0.15, 0.2) is 47.5 Å². The Kier molecular flexibility index (Phi) is 5.08. The average Bonchev–Trinajstić information content (AvgIpc) is 2.79. The molecule has 1 fully saturated rings. The van der Waals surface area contributed by atoms with Crippen LogP contribution in [0.1, 0.15) is 29.5 Å². The lowest BCUT2D eigenvalue weighted by molar-refractivity contribution is -0.160. The van der Waals surface area contributed by atoms with Crippen LogP contribution in [0.5, 0.6) is 5.75 Å². The second-order valence-electron chi connectivity index (χ2n) is 9.53. The molecule has 1 aromatic carbocycles. The van der Waals surface area contributed by atoms with E-state index in [1.54, 1.807) is 18.5 Å². The van der Waals surface area contributed by atoms with E-state index in [9.17, 15) is 29.7 Å². The molecular weight excluding hydrogens is 468 g/mol. The van der Waals surface area contributed by atoms with Crippen LogP contribution in [0.25, 0.3) is 16.9 Å². The van der Waals surface area contributed by atoms with Gasteiger partial charge in [0.05, 0.1) is 16.7 Å². The quantitative estimate of drug-likeness (QED) is 0.261. The fraction of sp³-hybridized carbons (Fsp3) is 0.280. The zero-order valence-electron chi connectivity index (χ0n) is 19.2. The zero-order valence-corrected chi connectivity index (χ0v) is 19.2. The molecule has 2 aromatic rings. The first-order valence-electron chi connectivity index (χ1n) is 11.2. The number of aryl methyl sites for hydroxylation is 1. The van der Waals surface area contributed by atoms with E-state index in [0.717, 1.165) is 11.1 Å². The molecule has 36 heavy (non-hydrogen) atoms. The molecular formula is C25H24N4O7. The summed E-state index contributed by atoms with van der Waals surface area (Å²) in [4.78, 5) is 47.6. The van der Waals surface area contributed by atoms with E-state index in [1.807, 2.05) is 13.0 Å². The fourth-order valence-electron chi connectivity index (χ4n) is 5.93. The number of Topliss-reactive ketones (excluding diaryl/α,β-unsaturated/α-hetero) is 2. The molecule has 11 nitrogen and oxygen atoms in total. The number of hydrogen-bond donors (Lipinski definition) is 6. The number of benzene rings is 1. The van der Waals surface area contributed by atoms with Crippen molar-refractivity contribution in [3.8, 4) is 16.9 Å². The van der Waals surface area contributed by atoms with Crippen molar-refractivity contribution in [2.45, 2.75) is 37.3 Å². The minimum absolute atomic E-state index is 0.00344. The Morgan fingerprint density at radius 2 is 1.89 bits per heavy atom. The number of hydrogen-bond acceptors (Lipinski definition) is 10. The molecule has 1 aromatic heterocycles. The van der Waals surface area contributed by atoms with Crippen LogP contribution in [0.3, 0.4) is 0 Å². The molecule has 3 aliphatic rings. The first-order valence-corrected chi connectivity index (χ1v) is 11.2. The summed E-state index contributed by atoms with van der Waals surface area (Å²) < 4.78 is 0. The molecule has 0 bridgehead atoms. The molecule has 5 rings (SSSR count). The summed E-state index contributed by atoms with van der Waals surface area (Å²) in [6, 6.07) is 4.87. The standard InChI is InChI=1S/C25H24N4O7/c1-10-4-5-29-9-14(10)12-2-3-15(30)17-13(12)8-24(27)7-11-6-16(31)18(23(26)35)21(33)25(11,36-28)22(34)19(24)20(17)32/h2-5,9,11,30,32-33H,6-8,27-28H2,1H3,(H2,26,35)/t11-,24+,25-/m1/s1. The number of pyridine rings is 1. The van der Waals surface area contributed by atoms with E-state index >= 15 is 0 Å². The number of phenolic OH excluding ortho intramolecular Hbond substituents is 1. The molecule has 3 atom stereocenters. The predicted molar refractivity (Wildman–Crippen MR) is 126 cm³/mol. The van der Waals surface area contributed by atoms with Crippen LogP contribution >= 0.6 is 0 Å². The number of carbonyl (C=O) groups excluding carboxylic acids is 3. The van der Waals surface area contributed by atoms with Crippen LogP contribution in [-0.2, 0) is 25.6 Å². The zero-order chi connectivity index (χ0) is 26.2. The maximum absolute atomic E-state index is 13.9. The van der Waals surface area contributed by atoms with Crippen molar-refractivity contribution in [3.63, 3.8) is 0 Å². The van der Waals surface area contributed by atoms with Gasteiger partial charge in [-0.15, -0.1) is 0 Å². The number of primary amides is 1. The van der Waals surface area contributed by atoms with Gasteiger partial charge in [0.15, 0.2) is 11.5 Å². The number of aliphatic hydroxyl groups is 2. The fourth-order valence-corrected chi connectivity index (χ4v) is 5.93. The number of aliphatic hydroxyl groups excluding tert-OH is 2. The normalized spacial score (nSPS) is 27.5. The van der Waals surface area contributed by atoms with Crippen molar-refractivity contribution in [3.05, 3.63) is 64.2 Å². The van der Waals surface area contributed by atoms with Crippen LogP contribution in [0.4, 0.5) is 0 Å². The summed E-state index contributed by atoms with van der Waals surface area (Å²) in [7, 11) is 0.